The maximum absolute atomic E-state index is 11.6. The zero-order valence-electron chi connectivity index (χ0n) is 10.7. The Balaban J connectivity index is 2.79. The summed E-state index contributed by atoms with van der Waals surface area (Å²) in [6.07, 6.45) is -0.444. The molecule has 0 heterocycles. The summed E-state index contributed by atoms with van der Waals surface area (Å²) in [7, 11) is 0. The molecule has 0 bridgehead atoms. The molecule has 0 unspecified atom stereocenters. The van der Waals surface area contributed by atoms with E-state index < -0.39 is 24.3 Å². The first-order valence-corrected chi connectivity index (χ1v) is 5.73. The van der Waals surface area contributed by atoms with Gasteiger partial charge in [0.2, 0.25) is 5.91 Å². The predicted molar refractivity (Wildman–Crippen MR) is 68.0 cm³/mol. The molecule has 0 radical (unpaired) electrons. The van der Waals surface area contributed by atoms with E-state index >= 15 is 0 Å². The lowest BCUT2D eigenvalue weighted by Crippen LogP contribution is -2.19. The number of esters is 1. The van der Waals surface area contributed by atoms with E-state index in [4.69, 9.17) is 5.11 Å². The maximum Gasteiger partial charge on any atom is 0.337 e. The van der Waals surface area contributed by atoms with Crippen molar-refractivity contribution < 1.29 is 24.2 Å². The van der Waals surface area contributed by atoms with Crippen molar-refractivity contribution in [2.75, 3.05) is 11.9 Å². The van der Waals surface area contributed by atoms with Crippen molar-refractivity contribution in [3.63, 3.8) is 0 Å². The summed E-state index contributed by atoms with van der Waals surface area (Å²) in [5.41, 5.74) is 0.908. The molecule has 0 fully saturated rings. The van der Waals surface area contributed by atoms with Crippen molar-refractivity contribution >= 4 is 23.5 Å². The highest BCUT2D eigenvalue weighted by Gasteiger charge is 2.15. The minimum Gasteiger partial charge on any atom is -0.478 e. The van der Waals surface area contributed by atoms with E-state index in [0.717, 1.165) is 5.56 Å². The van der Waals surface area contributed by atoms with E-state index in [2.05, 4.69) is 10.1 Å². The molecule has 19 heavy (non-hydrogen) atoms. The van der Waals surface area contributed by atoms with E-state index in [1.807, 2.05) is 0 Å². The van der Waals surface area contributed by atoms with Gasteiger partial charge in [-0.05, 0) is 26.0 Å². The van der Waals surface area contributed by atoms with Crippen LogP contribution in [0.1, 0.15) is 29.3 Å². The number of benzene rings is 1. The highest BCUT2D eigenvalue weighted by atomic mass is 16.5. The number of rotatable bonds is 5. The number of aryl methyl sites for hydroxylation is 1. The Morgan fingerprint density at radius 1 is 1.32 bits per heavy atom. The first-order valence-electron chi connectivity index (χ1n) is 5.73. The normalized spacial score (nSPS) is 9.79. The average molecular weight is 265 g/mol. The standard InChI is InChI=1S/C13H15NO5/c1-3-19-12(16)7-11(15)14-10-5-4-8(2)6-9(10)13(17)18/h4-6H,3,7H2,1-2H3,(H,14,15)(H,17,18). The van der Waals surface area contributed by atoms with Gasteiger partial charge in [0.05, 0.1) is 17.9 Å². The monoisotopic (exact) mass is 265 g/mol. The molecule has 0 saturated carbocycles. The Morgan fingerprint density at radius 2 is 2.00 bits per heavy atom. The summed E-state index contributed by atoms with van der Waals surface area (Å²) in [5, 5.41) is 11.4. The molecule has 1 rings (SSSR count). The summed E-state index contributed by atoms with van der Waals surface area (Å²) in [6.45, 7) is 3.58. The number of carbonyl (C=O) groups excluding carboxylic acids is 2. The van der Waals surface area contributed by atoms with E-state index in [-0.39, 0.29) is 17.9 Å². The number of nitrogens with one attached hydrogen (secondary N) is 1. The minimum absolute atomic E-state index is 0.0165. The zero-order valence-corrected chi connectivity index (χ0v) is 10.7. The van der Waals surface area contributed by atoms with Crippen LogP contribution in [-0.4, -0.2) is 29.6 Å². The molecule has 6 nitrogen and oxygen atoms in total. The quantitative estimate of drug-likeness (QED) is 0.623. The number of anilines is 1. The number of carboxylic acids is 1. The third kappa shape index (κ3) is 4.42. The Morgan fingerprint density at radius 3 is 2.58 bits per heavy atom. The second-order valence-electron chi connectivity index (χ2n) is 3.88. The van der Waals surface area contributed by atoms with Gasteiger partial charge in [0.25, 0.3) is 0 Å². The number of aromatic carboxylic acids is 1. The van der Waals surface area contributed by atoms with Crippen LogP contribution in [-0.2, 0) is 14.3 Å². The molecular formula is C13H15NO5. The molecular weight excluding hydrogens is 250 g/mol. The van der Waals surface area contributed by atoms with Gasteiger partial charge >= 0.3 is 11.9 Å². The molecule has 0 aliphatic rings. The molecule has 6 heteroatoms. The molecule has 0 aromatic heterocycles. The van der Waals surface area contributed by atoms with Crippen LogP contribution in [0.4, 0.5) is 5.69 Å². The van der Waals surface area contributed by atoms with Crippen molar-refractivity contribution in [2.45, 2.75) is 20.3 Å². The molecule has 0 saturated heterocycles. The van der Waals surface area contributed by atoms with Crippen molar-refractivity contribution in [3.05, 3.63) is 29.3 Å². The molecule has 0 spiro atoms. The molecule has 1 aromatic carbocycles. The van der Waals surface area contributed by atoms with Gasteiger partial charge in [-0.15, -0.1) is 0 Å². The molecule has 0 aliphatic carbocycles. The van der Waals surface area contributed by atoms with Crippen molar-refractivity contribution in [2.24, 2.45) is 0 Å². The van der Waals surface area contributed by atoms with Crippen LogP contribution < -0.4 is 5.32 Å². The SMILES string of the molecule is CCOC(=O)CC(=O)Nc1ccc(C)cc1C(=O)O. The van der Waals surface area contributed by atoms with Gasteiger partial charge in [0.15, 0.2) is 0 Å². The number of ether oxygens (including phenoxy) is 1. The van der Waals surface area contributed by atoms with Crippen molar-refractivity contribution in [1.29, 1.82) is 0 Å². The number of hydrogen-bond acceptors (Lipinski definition) is 4. The fraction of sp³-hybridized carbons (Fsp3) is 0.308. The smallest absolute Gasteiger partial charge is 0.337 e. The van der Waals surface area contributed by atoms with Crippen LogP contribution in [0, 0.1) is 6.92 Å². The summed E-state index contributed by atoms with van der Waals surface area (Å²) in [4.78, 5) is 33.7. The van der Waals surface area contributed by atoms with Crippen molar-refractivity contribution in [3.8, 4) is 0 Å². The first kappa shape index (κ1) is 14.7. The van der Waals surface area contributed by atoms with E-state index in [0.29, 0.717) is 0 Å². The van der Waals surface area contributed by atoms with Gasteiger partial charge < -0.3 is 15.2 Å². The van der Waals surface area contributed by atoms with E-state index in [1.165, 1.54) is 12.1 Å². The van der Waals surface area contributed by atoms with E-state index in [9.17, 15) is 14.4 Å². The summed E-state index contributed by atoms with van der Waals surface area (Å²) in [5.74, 6) is -2.40. The molecule has 0 atom stereocenters. The van der Waals surface area contributed by atoms with Gasteiger partial charge in [-0.2, -0.15) is 0 Å². The first-order chi connectivity index (χ1) is 8.93. The van der Waals surface area contributed by atoms with Gasteiger partial charge in [0.1, 0.15) is 6.42 Å². The Kier molecular flexibility index (Phi) is 5.05. The van der Waals surface area contributed by atoms with Crippen LogP contribution in [0.25, 0.3) is 0 Å². The number of amides is 1. The highest BCUT2D eigenvalue weighted by molar-refractivity contribution is 6.05. The zero-order chi connectivity index (χ0) is 14.4. The lowest BCUT2D eigenvalue weighted by Gasteiger charge is -2.09. The van der Waals surface area contributed by atoms with Crippen LogP contribution in [0.15, 0.2) is 18.2 Å². The van der Waals surface area contributed by atoms with Gasteiger partial charge in [-0.25, -0.2) is 4.79 Å². The Hall–Kier alpha value is -2.37. The number of carboxylic acid groups (broad SMARTS) is 1. The second-order valence-corrected chi connectivity index (χ2v) is 3.88. The summed E-state index contributed by atoms with van der Waals surface area (Å²) >= 11 is 0. The van der Waals surface area contributed by atoms with Gasteiger partial charge in [-0.1, -0.05) is 11.6 Å². The molecule has 1 amide bonds. The third-order valence-corrected chi connectivity index (χ3v) is 2.29. The van der Waals surface area contributed by atoms with Crippen molar-refractivity contribution in [1.82, 2.24) is 0 Å². The van der Waals surface area contributed by atoms with Crippen LogP contribution in [0.3, 0.4) is 0 Å². The topological polar surface area (TPSA) is 92.7 Å². The number of carbonyl (C=O) groups is 3. The van der Waals surface area contributed by atoms with Gasteiger partial charge in [-0.3, -0.25) is 9.59 Å². The molecule has 102 valence electrons. The van der Waals surface area contributed by atoms with Gasteiger partial charge in [0, 0.05) is 0 Å². The minimum atomic E-state index is -1.14. The third-order valence-electron chi connectivity index (χ3n) is 2.29. The fourth-order valence-corrected chi connectivity index (χ4v) is 1.48. The number of hydrogen-bond donors (Lipinski definition) is 2. The van der Waals surface area contributed by atoms with Crippen LogP contribution >= 0.6 is 0 Å². The maximum atomic E-state index is 11.6. The fourth-order valence-electron chi connectivity index (χ4n) is 1.48. The summed E-state index contributed by atoms with van der Waals surface area (Å²) < 4.78 is 4.63. The second kappa shape index (κ2) is 6.53. The lowest BCUT2D eigenvalue weighted by atomic mass is 10.1. The molecule has 0 aliphatic heterocycles. The van der Waals surface area contributed by atoms with Crippen LogP contribution in [0.2, 0.25) is 0 Å². The lowest BCUT2D eigenvalue weighted by molar-refractivity contribution is -0.145. The Labute approximate surface area is 110 Å². The predicted octanol–water partition coefficient (Wildman–Crippen LogP) is 1.58. The molecule has 2 N–H and O–H groups in total. The average Bonchev–Trinajstić information content (AvgIpc) is 2.31. The highest BCUT2D eigenvalue weighted by Crippen LogP contribution is 2.17. The van der Waals surface area contributed by atoms with Crippen LogP contribution in [0.5, 0.6) is 0 Å². The Bertz CT molecular complexity index is 510. The van der Waals surface area contributed by atoms with E-state index in [1.54, 1.807) is 19.9 Å². The molecule has 1 aromatic rings. The summed E-state index contributed by atoms with van der Waals surface area (Å²) in [6, 6.07) is 4.61. The largest absolute Gasteiger partial charge is 0.478 e.